The lowest BCUT2D eigenvalue weighted by molar-refractivity contribution is 0.00464. The van der Waals surface area contributed by atoms with Crippen LogP contribution in [0.1, 0.15) is 78.6 Å². The van der Waals surface area contributed by atoms with Crippen LogP contribution in [-0.4, -0.2) is 29.1 Å². The molecule has 1 heterocycles. The number of nitrogens with zero attached hydrogens (tertiary/aromatic N) is 1. The highest BCUT2D eigenvalue weighted by atomic mass is 15.3. The zero-order valence-corrected chi connectivity index (χ0v) is 13.3. The van der Waals surface area contributed by atoms with Gasteiger partial charge in [-0.2, -0.15) is 0 Å². The van der Waals surface area contributed by atoms with E-state index in [9.17, 15) is 0 Å². The van der Waals surface area contributed by atoms with Crippen molar-refractivity contribution in [2.45, 2.75) is 96.2 Å². The molecule has 0 bridgehead atoms. The molecule has 0 aromatic carbocycles. The minimum atomic E-state index is 0.334. The minimum absolute atomic E-state index is 0.334. The van der Waals surface area contributed by atoms with Crippen LogP contribution < -0.4 is 5.73 Å². The topological polar surface area (TPSA) is 29.3 Å². The van der Waals surface area contributed by atoms with Crippen LogP contribution in [0.25, 0.3) is 0 Å². The van der Waals surface area contributed by atoms with Gasteiger partial charge in [0.25, 0.3) is 0 Å². The number of hydrogen-bond acceptors (Lipinski definition) is 2. The summed E-state index contributed by atoms with van der Waals surface area (Å²) in [6.07, 6.45) is 12.3. The predicted molar refractivity (Wildman–Crippen MR) is 83.3 cm³/mol. The van der Waals surface area contributed by atoms with E-state index in [0.717, 1.165) is 24.5 Å². The monoisotopic (exact) mass is 266 g/mol. The van der Waals surface area contributed by atoms with Crippen molar-refractivity contribution >= 4 is 0 Å². The maximum absolute atomic E-state index is 6.27. The predicted octanol–water partition coefficient (Wildman–Crippen LogP) is 3.94. The highest BCUT2D eigenvalue weighted by Gasteiger charge is 2.45. The summed E-state index contributed by atoms with van der Waals surface area (Å²) in [7, 11) is 0. The quantitative estimate of drug-likeness (QED) is 0.816. The van der Waals surface area contributed by atoms with E-state index in [4.69, 9.17) is 5.73 Å². The third-order valence-electron chi connectivity index (χ3n) is 5.92. The van der Waals surface area contributed by atoms with Crippen molar-refractivity contribution in [2.24, 2.45) is 11.7 Å². The first-order chi connectivity index (χ1) is 9.16. The molecule has 2 heteroatoms. The molecule has 2 aliphatic rings. The Kier molecular flexibility index (Phi) is 5.30. The molecule has 2 rings (SSSR count). The standard InChI is InChI=1S/C17H34N2/c1-4-6-15-9-11-17(13-18,12-10-15)19-14(3)7-8-16(19)5-2/h14-16H,4-13,18H2,1-3H3. The minimum Gasteiger partial charge on any atom is -0.329 e. The Bertz CT molecular complexity index is 268. The van der Waals surface area contributed by atoms with Gasteiger partial charge >= 0.3 is 0 Å². The average Bonchev–Trinajstić information content (AvgIpc) is 2.82. The Morgan fingerprint density at radius 1 is 1.11 bits per heavy atom. The van der Waals surface area contributed by atoms with Gasteiger partial charge in [0.2, 0.25) is 0 Å². The van der Waals surface area contributed by atoms with Gasteiger partial charge in [0, 0.05) is 24.2 Å². The second-order valence-corrected chi connectivity index (χ2v) is 7.06. The van der Waals surface area contributed by atoms with Crippen molar-refractivity contribution in [3.63, 3.8) is 0 Å². The lowest BCUT2D eigenvalue weighted by Gasteiger charge is -2.50. The van der Waals surface area contributed by atoms with Crippen LogP contribution in [0.5, 0.6) is 0 Å². The first-order valence-corrected chi connectivity index (χ1v) is 8.65. The summed E-state index contributed by atoms with van der Waals surface area (Å²) in [4.78, 5) is 2.84. The maximum atomic E-state index is 6.27. The first-order valence-electron chi connectivity index (χ1n) is 8.65. The fourth-order valence-corrected chi connectivity index (χ4v) is 4.81. The molecule has 2 nitrogen and oxygen atoms in total. The van der Waals surface area contributed by atoms with Crippen LogP contribution in [0.3, 0.4) is 0 Å². The van der Waals surface area contributed by atoms with Gasteiger partial charge in [0.1, 0.15) is 0 Å². The number of rotatable bonds is 5. The summed E-state index contributed by atoms with van der Waals surface area (Å²) in [6.45, 7) is 7.96. The number of nitrogens with two attached hydrogens (primary N) is 1. The maximum Gasteiger partial charge on any atom is 0.0337 e. The fraction of sp³-hybridized carbons (Fsp3) is 1.00. The van der Waals surface area contributed by atoms with E-state index in [1.165, 1.54) is 57.8 Å². The summed E-state index contributed by atoms with van der Waals surface area (Å²) in [5.74, 6) is 0.975. The summed E-state index contributed by atoms with van der Waals surface area (Å²) in [6, 6.07) is 1.54. The molecule has 1 saturated carbocycles. The third kappa shape index (κ3) is 3.00. The lowest BCUT2D eigenvalue weighted by atomic mass is 9.73. The molecule has 2 fully saturated rings. The van der Waals surface area contributed by atoms with Gasteiger partial charge < -0.3 is 5.73 Å². The molecule has 112 valence electrons. The molecule has 2 N–H and O–H groups in total. The molecule has 1 aliphatic carbocycles. The van der Waals surface area contributed by atoms with Crippen LogP contribution in [0.2, 0.25) is 0 Å². The van der Waals surface area contributed by atoms with E-state index >= 15 is 0 Å². The van der Waals surface area contributed by atoms with Crippen LogP contribution in [-0.2, 0) is 0 Å². The van der Waals surface area contributed by atoms with Gasteiger partial charge in [0.15, 0.2) is 0 Å². The molecular weight excluding hydrogens is 232 g/mol. The van der Waals surface area contributed by atoms with Crippen LogP contribution >= 0.6 is 0 Å². The van der Waals surface area contributed by atoms with Gasteiger partial charge in [0.05, 0.1) is 0 Å². The molecule has 0 radical (unpaired) electrons. The van der Waals surface area contributed by atoms with Crippen molar-refractivity contribution in [3.8, 4) is 0 Å². The van der Waals surface area contributed by atoms with E-state index in [2.05, 4.69) is 25.7 Å². The van der Waals surface area contributed by atoms with E-state index in [1.807, 2.05) is 0 Å². The highest BCUT2D eigenvalue weighted by Crippen LogP contribution is 2.43. The largest absolute Gasteiger partial charge is 0.329 e. The van der Waals surface area contributed by atoms with Gasteiger partial charge in [-0.25, -0.2) is 0 Å². The molecule has 0 amide bonds. The average molecular weight is 266 g/mol. The third-order valence-corrected chi connectivity index (χ3v) is 5.92. The summed E-state index contributed by atoms with van der Waals surface area (Å²) in [5, 5.41) is 0. The van der Waals surface area contributed by atoms with Crippen molar-refractivity contribution in [2.75, 3.05) is 6.54 Å². The van der Waals surface area contributed by atoms with E-state index in [0.29, 0.717) is 5.54 Å². The summed E-state index contributed by atoms with van der Waals surface area (Å²) < 4.78 is 0. The Hall–Kier alpha value is -0.0800. The molecular formula is C17H34N2. The molecule has 1 aliphatic heterocycles. The van der Waals surface area contributed by atoms with Gasteiger partial charge in [-0.05, 0) is 57.8 Å². The van der Waals surface area contributed by atoms with E-state index < -0.39 is 0 Å². The highest BCUT2D eigenvalue weighted by molar-refractivity contribution is 5.02. The Balaban J connectivity index is 2.06. The second kappa shape index (κ2) is 6.58. The van der Waals surface area contributed by atoms with E-state index in [-0.39, 0.29) is 0 Å². The molecule has 2 atom stereocenters. The van der Waals surface area contributed by atoms with Crippen LogP contribution in [0.4, 0.5) is 0 Å². The van der Waals surface area contributed by atoms with Crippen molar-refractivity contribution < 1.29 is 0 Å². The second-order valence-electron chi connectivity index (χ2n) is 7.06. The summed E-state index contributed by atoms with van der Waals surface area (Å²) >= 11 is 0. The van der Waals surface area contributed by atoms with Crippen molar-refractivity contribution in [3.05, 3.63) is 0 Å². The van der Waals surface area contributed by atoms with Crippen LogP contribution in [0.15, 0.2) is 0 Å². The Morgan fingerprint density at radius 2 is 1.79 bits per heavy atom. The van der Waals surface area contributed by atoms with Crippen molar-refractivity contribution in [1.82, 2.24) is 4.90 Å². The molecule has 1 saturated heterocycles. The zero-order valence-electron chi connectivity index (χ0n) is 13.3. The molecule has 0 aromatic rings. The number of hydrogen-bond donors (Lipinski definition) is 1. The van der Waals surface area contributed by atoms with Gasteiger partial charge in [-0.1, -0.05) is 26.7 Å². The Morgan fingerprint density at radius 3 is 2.32 bits per heavy atom. The lowest BCUT2D eigenvalue weighted by Crippen LogP contribution is -2.59. The van der Waals surface area contributed by atoms with Crippen molar-refractivity contribution in [1.29, 1.82) is 0 Å². The van der Waals surface area contributed by atoms with Gasteiger partial charge in [-0.3, -0.25) is 4.90 Å². The number of likely N-dealkylation sites (tertiary alicyclic amines) is 1. The Labute approximate surface area is 120 Å². The fourth-order valence-electron chi connectivity index (χ4n) is 4.81. The molecule has 0 spiro atoms. The first kappa shape index (κ1) is 15.3. The molecule has 19 heavy (non-hydrogen) atoms. The van der Waals surface area contributed by atoms with Crippen LogP contribution in [0, 0.1) is 5.92 Å². The molecule has 2 unspecified atom stereocenters. The summed E-state index contributed by atoms with van der Waals surface area (Å²) in [5.41, 5.74) is 6.61. The molecule has 0 aromatic heterocycles. The van der Waals surface area contributed by atoms with Gasteiger partial charge in [-0.15, -0.1) is 0 Å². The normalized spacial score (nSPS) is 40.7. The van der Waals surface area contributed by atoms with E-state index in [1.54, 1.807) is 0 Å². The SMILES string of the molecule is CCCC1CCC(CN)(N2C(C)CCC2CC)CC1. The smallest absolute Gasteiger partial charge is 0.0337 e. The zero-order chi connectivity index (χ0) is 13.9.